The molecule has 3 saturated heterocycles. The zero-order chi connectivity index (χ0) is 87.4. The van der Waals surface area contributed by atoms with Gasteiger partial charge in [-0.1, -0.05) is 87.9 Å². The molecule has 39 heteroatoms. The van der Waals surface area contributed by atoms with E-state index in [-0.39, 0.29) is 59.1 Å². The molecule has 0 aromatic heterocycles. The monoisotopic (exact) mass is 1720 g/mol. The normalized spacial score (nSPS) is 30.5. The van der Waals surface area contributed by atoms with Gasteiger partial charge in [-0.25, -0.2) is 4.79 Å². The molecule has 652 valence electrons. The van der Waals surface area contributed by atoms with Gasteiger partial charge in [-0.2, -0.15) is 0 Å². The Balaban J connectivity index is 1.17. The number of aliphatic hydroxyl groups excluding tert-OH is 6. The molecular weight excluding hydrogens is 1620 g/mol. The van der Waals surface area contributed by atoms with Crippen molar-refractivity contribution in [3.8, 4) is 57.1 Å². The van der Waals surface area contributed by atoms with Crippen molar-refractivity contribution in [2.24, 2.45) is 17.4 Å². The van der Waals surface area contributed by atoms with Crippen molar-refractivity contribution in [3.63, 3.8) is 0 Å². The summed E-state index contributed by atoms with van der Waals surface area (Å²) in [6.45, 7) is 10.7. The first-order chi connectivity index (χ1) is 56.7. The fraction of sp³-hybridized carbons (Fsp3) is 0.519. The van der Waals surface area contributed by atoms with E-state index in [0.717, 1.165) is 74.2 Å². The Labute approximate surface area is 698 Å². The average molecular weight is 1720 g/mol. The van der Waals surface area contributed by atoms with Gasteiger partial charge in [0.1, 0.15) is 95.6 Å². The molecule has 22 atom stereocenters. The highest BCUT2D eigenvalue weighted by Gasteiger charge is 2.53. The van der Waals surface area contributed by atoms with E-state index >= 15 is 24.0 Å². The van der Waals surface area contributed by atoms with E-state index in [9.17, 15) is 70.2 Å². The predicted molar refractivity (Wildman–Crippen MR) is 423 cm³/mol. The maximum Gasteiger partial charge on any atom is 0.330 e. The number of hydrogen-bond acceptors (Lipinski definition) is 28. The molecular formula is C81H102Cl2N10O27. The minimum absolute atomic E-state index is 0.102. The number of aliphatic carboxylic acids is 1. The molecule has 0 radical (unpaired) electrons. The van der Waals surface area contributed by atoms with Gasteiger partial charge in [-0.05, 0) is 130 Å². The van der Waals surface area contributed by atoms with Gasteiger partial charge in [0.15, 0.2) is 36.2 Å². The third-order valence-corrected chi connectivity index (χ3v) is 22.6. The van der Waals surface area contributed by atoms with Crippen LogP contribution in [0.4, 0.5) is 0 Å². The summed E-state index contributed by atoms with van der Waals surface area (Å²) in [5.41, 5.74) is 6.67. The van der Waals surface area contributed by atoms with E-state index in [0.29, 0.717) is 6.42 Å². The second-order valence-corrected chi connectivity index (χ2v) is 32.7. The molecule has 37 nitrogen and oxygen atoms in total. The van der Waals surface area contributed by atoms with Gasteiger partial charge < -0.3 is 143 Å². The number of phenolic OH excluding ortho intramolecular Hbond substituents is 3. The van der Waals surface area contributed by atoms with Crippen molar-refractivity contribution in [3.05, 3.63) is 117 Å². The number of benzene rings is 5. The van der Waals surface area contributed by atoms with E-state index in [1.54, 1.807) is 6.92 Å². The number of amides is 8. The average Bonchev–Trinajstić information content (AvgIpc) is 0.769. The Kier molecular flexibility index (Phi) is 28.9. The van der Waals surface area contributed by atoms with Crippen LogP contribution >= 0.6 is 23.2 Å². The van der Waals surface area contributed by atoms with Crippen LogP contribution in [0.1, 0.15) is 171 Å². The topological polar surface area (TPSA) is 578 Å². The van der Waals surface area contributed by atoms with Crippen molar-refractivity contribution in [2.45, 2.75) is 246 Å². The predicted octanol–water partition coefficient (Wildman–Crippen LogP) is 2.86. The first-order valence-corrected chi connectivity index (χ1v) is 40.0. The number of fused-ring (bicyclic) bond motifs is 15. The zero-order valence-electron chi connectivity index (χ0n) is 66.7. The molecule has 0 spiro atoms. The van der Waals surface area contributed by atoms with Gasteiger partial charge >= 0.3 is 5.97 Å². The quantitative estimate of drug-likeness (QED) is 0.0443. The molecule has 8 aliphatic heterocycles. The summed E-state index contributed by atoms with van der Waals surface area (Å²) < 4.78 is 52.4. The van der Waals surface area contributed by atoms with Crippen LogP contribution < -0.4 is 68.2 Å². The Morgan fingerprint density at radius 2 is 1.27 bits per heavy atom. The number of carbonyl (C=O) groups excluding carboxylic acids is 8. The van der Waals surface area contributed by atoms with E-state index in [1.807, 2.05) is 13.8 Å². The fourth-order valence-corrected chi connectivity index (χ4v) is 16.1. The summed E-state index contributed by atoms with van der Waals surface area (Å²) in [5.74, 6) is -16.7. The lowest BCUT2D eigenvalue weighted by Crippen LogP contribution is -2.66. The van der Waals surface area contributed by atoms with Crippen LogP contribution in [0.2, 0.25) is 10.0 Å². The number of ether oxygens (including phenoxy) is 8. The summed E-state index contributed by atoms with van der Waals surface area (Å²) >= 11 is 14.6. The van der Waals surface area contributed by atoms with E-state index in [2.05, 4.69) is 49.5 Å². The maximum absolute atomic E-state index is 16.5. The Bertz CT molecular complexity index is 4680. The van der Waals surface area contributed by atoms with Gasteiger partial charge in [0, 0.05) is 47.6 Å². The molecule has 3 fully saturated rings. The molecule has 8 aliphatic rings. The third-order valence-electron chi connectivity index (χ3n) is 22.0. The molecule has 8 amide bonds. The second-order valence-electron chi connectivity index (χ2n) is 31.9. The molecule has 11 bridgehead atoms. The summed E-state index contributed by atoms with van der Waals surface area (Å²) in [5, 5.41) is 136. The Morgan fingerprint density at radius 1 is 0.667 bits per heavy atom. The number of phenols is 3. The number of carboxylic acid groups (broad SMARTS) is 1. The molecule has 0 unspecified atom stereocenters. The maximum atomic E-state index is 16.5. The number of carboxylic acids is 1. The van der Waals surface area contributed by atoms with Gasteiger partial charge in [-0.15, -0.1) is 0 Å². The van der Waals surface area contributed by atoms with Gasteiger partial charge in [0.2, 0.25) is 59.3 Å². The smallest absolute Gasteiger partial charge is 0.330 e. The first-order valence-electron chi connectivity index (χ1n) is 39.3. The summed E-state index contributed by atoms with van der Waals surface area (Å²) in [6.07, 6.45) is -19.3. The molecule has 5 aromatic carbocycles. The lowest BCUT2D eigenvalue weighted by atomic mass is 9.84. The van der Waals surface area contributed by atoms with Crippen molar-refractivity contribution < 1.29 is 132 Å². The number of likely N-dealkylation sites (N-methyl/N-ethyl adjacent to an activating group) is 1. The van der Waals surface area contributed by atoms with Crippen LogP contribution in [-0.2, 0) is 66.8 Å². The first kappa shape index (κ1) is 90.9. The van der Waals surface area contributed by atoms with Crippen molar-refractivity contribution in [1.29, 1.82) is 0 Å². The number of unbranched alkanes of at least 4 members (excludes halogenated alkanes) is 4. The largest absolute Gasteiger partial charge is 0.508 e. The number of nitrogens with one attached hydrogen (secondary N) is 8. The lowest BCUT2D eigenvalue weighted by molar-refractivity contribution is -0.334. The van der Waals surface area contributed by atoms with Gasteiger partial charge in [-0.3, -0.25) is 38.4 Å². The van der Waals surface area contributed by atoms with Crippen molar-refractivity contribution >= 4 is 76.4 Å². The highest BCUT2D eigenvalue weighted by Crippen LogP contribution is 2.51. The zero-order valence-corrected chi connectivity index (χ0v) is 68.2. The number of nitrogens with two attached hydrogens (primary N) is 2. The number of halogens is 2. The second kappa shape index (κ2) is 38.1. The number of hydrogen-bond donors (Lipinski definition) is 20. The van der Waals surface area contributed by atoms with Crippen LogP contribution in [0.3, 0.4) is 0 Å². The third kappa shape index (κ3) is 20.3. The number of aliphatic hydroxyl groups is 6. The number of primary amides is 1. The van der Waals surface area contributed by atoms with Crippen LogP contribution in [0, 0.1) is 5.92 Å². The highest BCUT2D eigenvalue weighted by molar-refractivity contribution is 6.32. The minimum atomic E-state index is -2.40. The molecule has 8 heterocycles. The Hall–Kier alpha value is -9.81. The number of aromatic hydroxyl groups is 3. The Morgan fingerprint density at radius 3 is 1.89 bits per heavy atom. The van der Waals surface area contributed by atoms with E-state index in [1.165, 1.54) is 58.2 Å². The fourth-order valence-electron chi connectivity index (χ4n) is 15.6. The van der Waals surface area contributed by atoms with Gasteiger partial charge in [0.05, 0.1) is 53.0 Å². The SMILES string of the molecule is CCCCCCCC(=O)N[C@@]1(C)C[C@H](O[C@H]2[C@@H](Oc3c4cc5cc3Oc3ccc(cc3Cl)[C@@H](O[C@H]3C[C@](C)(N)[C@@H](O)[C@H](C)O3)[C@@H]3NC(=O)[C@H](NC(=O)[C@@H]5NC(=O)[C@H](CC(N)=O)NC(=O)[C@H](NC(=O)[C@@H](CC(C)C)NC)[C@H](O)c5ccc(c(Cl)c5)O4)c4ccc(O)c(c4)-c4c(O)cc(O)cc4[C@@H](C(=O)O)NC3=O)O[C@H](CO)[C@@H](O)[C@@H]2O)O[C@@H](C)[C@@H]1O. The summed E-state index contributed by atoms with van der Waals surface area (Å²) in [4.78, 5) is 134. The molecule has 22 N–H and O–H groups in total. The molecule has 0 aliphatic carbocycles. The lowest BCUT2D eigenvalue weighted by Gasteiger charge is -2.48. The molecule has 13 rings (SSSR count). The van der Waals surface area contributed by atoms with Gasteiger partial charge in [0.25, 0.3) is 0 Å². The molecule has 0 saturated carbocycles. The molecule has 120 heavy (non-hydrogen) atoms. The minimum Gasteiger partial charge on any atom is -0.508 e. The van der Waals surface area contributed by atoms with Crippen LogP contribution in [0.25, 0.3) is 11.1 Å². The van der Waals surface area contributed by atoms with Crippen molar-refractivity contribution in [1.82, 2.24) is 42.5 Å². The summed E-state index contributed by atoms with van der Waals surface area (Å²) in [6, 6.07) is -0.576. The number of carbonyl (C=O) groups is 9. The summed E-state index contributed by atoms with van der Waals surface area (Å²) in [7, 11) is 1.47. The number of rotatable bonds is 22. The van der Waals surface area contributed by atoms with Crippen LogP contribution in [0.15, 0.2) is 78.9 Å². The molecule has 5 aromatic rings. The highest BCUT2D eigenvalue weighted by atomic mass is 35.5. The van der Waals surface area contributed by atoms with Crippen LogP contribution in [-0.4, -0.2) is 221 Å². The van der Waals surface area contributed by atoms with Crippen LogP contribution in [0.5, 0.6) is 46.0 Å². The van der Waals surface area contributed by atoms with E-state index in [4.69, 9.17) is 72.6 Å². The van der Waals surface area contributed by atoms with Crippen molar-refractivity contribution in [2.75, 3.05) is 13.7 Å². The standard InChI is InChI=1S/C81H102Cl2N10O27/c1-9-10-11-12-13-14-55(99)93-81(7)31-57(114-35(5)71(81)104)119-69-66(102)65(101)53(32-94)117-79(69)120-68-51-25-39-26-52(68)116-50-20-17-38(24-44(50)83)67(118-56-30-80(6,85)70(103)34(4)113-56)63-77(110)90-61(78(111)112)42-27-40(95)28-48(97)58(42)41-22-36(15-18-47(41)96)59(74(107)92-63)89-75(108)60(39)88-73(106)46(29-54(84)98)87-76(109)62(91-72(105)45(86-8)21-33(2)3)64(100)37-16-19-49(115-51)43(82)23-37/h15-20,22-28,33-35,45-46,53,56-57,59-67,69-71,79,86,94-97,100-104H,9-14,21,29-32,85H2,1-8H3,(H2,84,98)(H,87,109)(H,88,106)(H,89,108)(H,90,110)(H,91,105)(H,92,107)(H,93,99)(H,111,112)/t34-,35-,45+,46-,53+,56-,57-,59+,60+,61-,62+,63-,64+,65+,66-,67+,69+,70-,71-,79+,80-,81-/m0/s1. The van der Waals surface area contributed by atoms with E-state index < -0.39 is 267 Å².